The summed E-state index contributed by atoms with van der Waals surface area (Å²) < 4.78 is 0. The molecule has 0 saturated heterocycles. The zero-order valence-corrected chi connectivity index (χ0v) is 5.80. The van der Waals surface area contributed by atoms with Crippen molar-refractivity contribution in [3.05, 3.63) is 12.2 Å². The molecule has 1 saturated carbocycles. The maximum Gasteiger partial charge on any atom is 0.0133 e. The minimum atomic E-state index is 0.366. The Hall–Kier alpha value is -0.300. The maximum absolute atomic E-state index is 5.90. The molecule has 0 radical (unpaired) electrons. The van der Waals surface area contributed by atoms with E-state index in [-0.39, 0.29) is 0 Å². The van der Waals surface area contributed by atoms with Crippen LogP contribution in [-0.2, 0) is 0 Å². The van der Waals surface area contributed by atoms with Crippen LogP contribution in [0.1, 0.15) is 19.8 Å². The van der Waals surface area contributed by atoms with Crippen LogP contribution in [0.5, 0.6) is 0 Å². The predicted molar refractivity (Wildman–Crippen MR) is 37.9 cm³/mol. The first kappa shape index (κ1) is 5.48. The molecule has 3 unspecified atom stereocenters. The highest BCUT2D eigenvalue weighted by Gasteiger charge is 2.42. The summed E-state index contributed by atoms with van der Waals surface area (Å²) in [6.07, 6.45) is 7.14. The molecule has 0 aromatic carbocycles. The number of nitrogens with two attached hydrogens (primary N) is 1. The average Bonchev–Trinajstić information content (AvgIpc) is 2.22. The molecule has 1 nitrogen and oxygen atoms in total. The Morgan fingerprint density at radius 3 is 2.67 bits per heavy atom. The third-order valence-electron chi connectivity index (χ3n) is 2.85. The first-order valence-corrected chi connectivity index (χ1v) is 3.66. The summed E-state index contributed by atoms with van der Waals surface area (Å²) in [5, 5.41) is 0. The molecule has 0 spiro atoms. The normalized spacial score (nSPS) is 54.9. The van der Waals surface area contributed by atoms with Gasteiger partial charge in [0.1, 0.15) is 0 Å². The van der Waals surface area contributed by atoms with Crippen molar-refractivity contribution in [2.45, 2.75) is 25.8 Å². The monoisotopic (exact) mass is 123 g/mol. The molecule has 2 aliphatic rings. The molecular formula is C8H13N. The Kier molecular flexibility index (Phi) is 0.854. The Morgan fingerprint density at radius 1 is 1.67 bits per heavy atom. The minimum Gasteiger partial charge on any atom is -0.327 e. The zero-order valence-electron chi connectivity index (χ0n) is 5.80. The van der Waals surface area contributed by atoms with Gasteiger partial charge in [0.2, 0.25) is 0 Å². The quantitative estimate of drug-likeness (QED) is 0.483. The van der Waals surface area contributed by atoms with Gasteiger partial charge in [-0.2, -0.15) is 0 Å². The lowest BCUT2D eigenvalue weighted by molar-refractivity contribution is 0.394. The molecule has 0 aliphatic heterocycles. The van der Waals surface area contributed by atoms with Crippen LogP contribution in [-0.4, -0.2) is 6.04 Å². The highest BCUT2D eigenvalue weighted by atomic mass is 14.7. The lowest BCUT2D eigenvalue weighted by atomic mass is 9.86. The van der Waals surface area contributed by atoms with E-state index in [9.17, 15) is 0 Å². The van der Waals surface area contributed by atoms with Crippen molar-refractivity contribution < 1.29 is 0 Å². The molecule has 0 aromatic rings. The van der Waals surface area contributed by atoms with E-state index in [0.717, 1.165) is 5.92 Å². The molecular weight excluding hydrogens is 110 g/mol. The highest BCUT2D eigenvalue weighted by molar-refractivity contribution is 5.18. The number of fused-ring (bicyclic) bond motifs is 2. The standard InChI is InChI=1S/C8H13N/c1-8-3-2-6(5-8)4-7(8)9/h2-3,6-7H,4-5,9H2,1H3. The Morgan fingerprint density at radius 2 is 2.44 bits per heavy atom. The fourth-order valence-electron chi connectivity index (χ4n) is 2.09. The van der Waals surface area contributed by atoms with Crippen LogP contribution < -0.4 is 5.73 Å². The van der Waals surface area contributed by atoms with Gasteiger partial charge in [-0.1, -0.05) is 19.1 Å². The predicted octanol–water partition coefficient (Wildman–Crippen LogP) is 1.30. The van der Waals surface area contributed by atoms with Gasteiger partial charge in [-0.25, -0.2) is 0 Å². The fourth-order valence-corrected chi connectivity index (χ4v) is 2.09. The first-order chi connectivity index (χ1) is 4.21. The molecule has 50 valence electrons. The SMILES string of the molecule is CC12C=CC(CC1N)C2. The van der Waals surface area contributed by atoms with Crippen LogP contribution in [0, 0.1) is 11.3 Å². The summed E-state index contributed by atoms with van der Waals surface area (Å²) in [4.78, 5) is 0. The maximum atomic E-state index is 5.90. The average molecular weight is 123 g/mol. The Bertz CT molecular complexity index is 162. The number of rotatable bonds is 0. The van der Waals surface area contributed by atoms with Crippen molar-refractivity contribution in [1.29, 1.82) is 0 Å². The van der Waals surface area contributed by atoms with Gasteiger partial charge in [0.25, 0.3) is 0 Å². The number of hydrogen-bond acceptors (Lipinski definition) is 1. The summed E-state index contributed by atoms with van der Waals surface area (Å²) in [6, 6.07) is 0.437. The van der Waals surface area contributed by atoms with E-state index in [0.29, 0.717) is 11.5 Å². The Labute approximate surface area is 55.9 Å². The summed E-state index contributed by atoms with van der Waals surface area (Å²) in [6.45, 7) is 2.27. The second-order valence-corrected chi connectivity index (χ2v) is 3.67. The molecule has 0 heterocycles. The van der Waals surface area contributed by atoms with Crippen LogP contribution >= 0.6 is 0 Å². The Balaban J connectivity index is 2.33. The summed E-state index contributed by atoms with van der Waals surface area (Å²) in [5.41, 5.74) is 6.27. The molecule has 1 fully saturated rings. The fraction of sp³-hybridized carbons (Fsp3) is 0.750. The van der Waals surface area contributed by atoms with Gasteiger partial charge >= 0.3 is 0 Å². The summed E-state index contributed by atoms with van der Waals surface area (Å²) in [7, 11) is 0. The molecule has 3 atom stereocenters. The van der Waals surface area contributed by atoms with E-state index in [4.69, 9.17) is 5.73 Å². The van der Waals surface area contributed by atoms with E-state index in [1.807, 2.05) is 0 Å². The second-order valence-electron chi connectivity index (χ2n) is 3.67. The first-order valence-electron chi connectivity index (χ1n) is 3.66. The lowest BCUT2D eigenvalue weighted by Gasteiger charge is -2.23. The minimum absolute atomic E-state index is 0.366. The molecule has 0 aromatic heterocycles. The smallest absolute Gasteiger partial charge is 0.0133 e. The third kappa shape index (κ3) is 0.584. The van der Waals surface area contributed by atoms with Gasteiger partial charge in [-0.15, -0.1) is 0 Å². The molecule has 0 amide bonds. The van der Waals surface area contributed by atoms with Crippen molar-refractivity contribution in [1.82, 2.24) is 0 Å². The number of allylic oxidation sites excluding steroid dienone is 1. The van der Waals surface area contributed by atoms with Crippen LogP contribution in [0.3, 0.4) is 0 Å². The highest BCUT2D eigenvalue weighted by Crippen LogP contribution is 2.47. The molecule has 2 N–H and O–H groups in total. The van der Waals surface area contributed by atoms with Crippen molar-refractivity contribution in [3.63, 3.8) is 0 Å². The molecule has 2 bridgehead atoms. The van der Waals surface area contributed by atoms with Gasteiger partial charge in [0, 0.05) is 11.5 Å². The van der Waals surface area contributed by atoms with Crippen LogP contribution in [0.2, 0.25) is 0 Å². The van der Waals surface area contributed by atoms with Crippen LogP contribution in [0.25, 0.3) is 0 Å². The van der Waals surface area contributed by atoms with Gasteiger partial charge in [0.05, 0.1) is 0 Å². The molecule has 2 aliphatic carbocycles. The summed E-state index contributed by atoms with van der Waals surface area (Å²) >= 11 is 0. The van der Waals surface area contributed by atoms with Gasteiger partial charge in [-0.3, -0.25) is 0 Å². The van der Waals surface area contributed by atoms with E-state index in [1.54, 1.807) is 0 Å². The van der Waals surface area contributed by atoms with Gasteiger partial charge < -0.3 is 5.73 Å². The van der Waals surface area contributed by atoms with E-state index < -0.39 is 0 Å². The zero-order chi connectivity index (χ0) is 6.48. The lowest BCUT2D eigenvalue weighted by Crippen LogP contribution is -2.32. The van der Waals surface area contributed by atoms with Crippen LogP contribution in [0.15, 0.2) is 12.2 Å². The van der Waals surface area contributed by atoms with Crippen molar-refractivity contribution >= 4 is 0 Å². The summed E-state index contributed by atoms with van der Waals surface area (Å²) in [5.74, 6) is 0.810. The topological polar surface area (TPSA) is 26.0 Å². The molecule has 1 heteroatoms. The third-order valence-corrected chi connectivity index (χ3v) is 2.85. The van der Waals surface area contributed by atoms with E-state index in [2.05, 4.69) is 19.1 Å². The molecule has 9 heavy (non-hydrogen) atoms. The van der Waals surface area contributed by atoms with E-state index in [1.165, 1.54) is 12.8 Å². The van der Waals surface area contributed by atoms with E-state index >= 15 is 0 Å². The molecule has 2 rings (SSSR count). The second kappa shape index (κ2) is 1.40. The van der Waals surface area contributed by atoms with Crippen molar-refractivity contribution in [2.24, 2.45) is 17.1 Å². The van der Waals surface area contributed by atoms with Crippen molar-refractivity contribution in [3.8, 4) is 0 Å². The van der Waals surface area contributed by atoms with Crippen LogP contribution in [0.4, 0.5) is 0 Å². The number of hydrogen-bond donors (Lipinski definition) is 1. The van der Waals surface area contributed by atoms with Gasteiger partial charge in [-0.05, 0) is 18.8 Å². The largest absolute Gasteiger partial charge is 0.327 e. The van der Waals surface area contributed by atoms with Gasteiger partial charge in [0.15, 0.2) is 0 Å². The van der Waals surface area contributed by atoms with Crippen molar-refractivity contribution in [2.75, 3.05) is 0 Å².